The highest BCUT2D eigenvalue weighted by Crippen LogP contribution is 2.33. The maximum Gasteiger partial charge on any atom is 0.416 e. The minimum absolute atomic E-state index is 0.0645. The molecule has 2 aromatic rings. The molecular formula is C13H10F3N3S. The predicted octanol–water partition coefficient (Wildman–Crippen LogP) is 4.39. The van der Waals surface area contributed by atoms with Crippen LogP contribution in [0.2, 0.25) is 0 Å². The smallest absolute Gasteiger partial charge is 0.330 e. The summed E-state index contributed by atoms with van der Waals surface area (Å²) in [4.78, 5) is 5.24. The summed E-state index contributed by atoms with van der Waals surface area (Å²) in [6.07, 6.45) is -4.46. The molecule has 0 fully saturated rings. The van der Waals surface area contributed by atoms with Gasteiger partial charge in [0.2, 0.25) is 0 Å². The Morgan fingerprint density at radius 3 is 2.50 bits per heavy atom. The van der Waals surface area contributed by atoms with E-state index < -0.39 is 11.7 Å². The van der Waals surface area contributed by atoms with Crippen molar-refractivity contribution < 1.29 is 13.2 Å². The standard InChI is InChI=1S/C13H10F3N3S/c1-7-8(2)20-12(18-7)19-11-4-3-10(13(14,15)16)5-9(11)6-17/h3-5H,1-2H3,(H,18,19). The van der Waals surface area contributed by atoms with Crippen molar-refractivity contribution in [3.8, 4) is 6.07 Å². The summed E-state index contributed by atoms with van der Waals surface area (Å²) in [5.41, 5.74) is 0.258. The van der Waals surface area contributed by atoms with Gasteiger partial charge in [0.05, 0.1) is 22.5 Å². The summed E-state index contributed by atoms with van der Waals surface area (Å²) in [5.74, 6) is 0. The third kappa shape index (κ3) is 2.91. The van der Waals surface area contributed by atoms with E-state index in [1.54, 1.807) is 6.07 Å². The number of nitrogens with one attached hydrogen (secondary N) is 1. The van der Waals surface area contributed by atoms with Crippen molar-refractivity contribution in [2.24, 2.45) is 0 Å². The van der Waals surface area contributed by atoms with Crippen molar-refractivity contribution >= 4 is 22.2 Å². The van der Waals surface area contributed by atoms with Crippen molar-refractivity contribution in [1.29, 1.82) is 5.26 Å². The Hall–Kier alpha value is -2.07. The summed E-state index contributed by atoms with van der Waals surface area (Å²) in [7, 11) is 0. The molecule has 3 nitrogen and oxygen atoms in total. The zero-order valence-corrected chi connectivity index (χ0v) is 11.5. The second-order valence-electron chi connectivity index (χ2n) is 4.16. The molecule has 0 atom stereocenters. The Balaban J connectivity index is 2.36. The van der Waals surface area contributed by atoms with Gasteiger partial charge in [-0.1, -0.05) is 0 Å². The third-order valence-electron chi connectivity index (χ3n) is 2.74. The maximum absolute atomic E-state index is 12.6. The van der Waals surface area contributed by atoms with E-state index >= 15 is 0 Å². The first kappa shape index (κ1) is 14.3. The fourth-order valence-electron chi connectivity index (χ4n) is 1.56. The quantitative estimate of drug-likeness (QED) is 0.894. The van der Waals surface area contributed by atoms with Gasteiger partial charge < -0.3 is 5.32 Å². The fraction of sp³-hybridized carbons (Fsp3) is 0.231. The molecular weight excluding hydrogens is 287 g/mol. The van der Waals surface area contributed by atoms with Crippen LogP contribution in [0.1, 0.15) is 21.7 Å². The number of alkyl halides is 3. The lowest BCUT2D eigenvalue weighted by molar-refractivity contribution is -0.137. The first-order valence-electron chi connectivity index (χ1n) is 5.63. The van der Waals surface area contributed by atoms with Gasteiger partial charge in [0.1, 0.15) is 6.07 Å². The molecule has 0 amide bonds. The van der Waals surface area contributed by atoms with Gasteiger partial charge in [-0.2, -0.15) is 18.4 Å². The van der Waals surface area contributed by atoms with Crippen molar-refractivity contribution in [2.75, 3.05) is 5.32 Å². The first-order valence-corrected chi connectivity index (χ1v) is 6.45. The molecule has 0 radical (unpaired) electrons. The lowest BCUT2D eigenvalue weighted by atomic mass is 10.1. The molecule has 0 spiro atoms. The van der Waals surface area contributed by atoms with E-state index in [0.29, 0.717) is 10.8 Å². The molecule has 20 heavy (non-hydrogen) atoms. The average Bonchev–Trinajstić information content (AvgIpc) is 2.67. The largest absolute Gasteiger partial charge is 0.416 e. The molecule has 0 aliphatic heterocycles. The van der Waals surface area contributed by atoms with Gasteiger partial charge in [0, 0.05) is 4.88 Å². The number of nitriles is 1. The lowest BCUT2D eigenvalue weighted by Crippen LogP contribution is -2.06. The van der Waals surface area contributed by atoms with E-state index in [0.717, 1.165) is 22.7 Å². The summed E-state index contributed by atoms with van der Waals surface area (Å²) < 4.78 is 37.7. The van der Waals surface area contributed by atoms with Gasteiger partial charge >= 0.3 is 6.18 Å². The average molecular weight is 297 g/mol. The maximum atomic E-state index is 12.6. The topological polar surface area (TPSA) is 48.7 Å². The lowest BCUT2D eigenvalue weighted by Gasteiger charge is -2.10. The van der Waals surface area contributed by atoms with Crippen LogP contribution in [0.25, 0.3) is 0 Å². The van der Waals surface area contributed by atoms with Crippen LogP contribution in [0.3, 0.4) is 0 Å². The van der Waals surface area contributed by atoms with E-state index in [1.807, 2.05) is 13.8 Å². The van der Waals surface area contributed by atoms with Gasteiger partial charge in [-0.3, -0.25) is 0 Å². The second kappa shape index (κ2) is 5.13. The molecule has 1 aromatic heterocycles. The molecule has 0 aliphatic rings. The first-order chi connectivity index (χ1) is 9.31. The minimum Gasteiger partial charge on any atom is -0.330 e. The Morgan fingerprint density at radius 2 is 2.00 bits per heavy atom. The molecule has 0 saturated carbocycles. The molecule has 2 rings (SSSR count). The normalized spacial score (nSPS) is 11.2. The van der Waals surface area contributed by atoms with Crippen LogP contribution in [0.5, 0.6) is 0 Å². The van der Waals surface area contributed by atoms with Crippen molar-refractivity contribution in [3.05, 3.63) is 39.9 Å². The highest BCUT2D eigenvalue weighted by molar-refractivity contribution is 7.15. The van der Waals surface area contributed by atoms with Gasteiger partial charge in [-0.05, 0) is 32.0 Å². The van der Waals surface area contributed by atoms with E-state index in [9.17, 15) is 13.2 Å². The summed E-state index contributed by atoms with van der Waals surface area (Å²) in [6.45, 7) is 3.74. The van der Waals surface area contributed by atoms with E-state index in [-0.39, 0.29) is 5.56 Å². The Morgan fingerprint density at radius 1 is 1.30 bits per heavy atom. The van der Waals surface area contributed by atoms with Crippen LogP contribution < -0.4 is 5.32 Å². The minimum atomic E-state index is -4.46. The molecule has 1 N–H and O–H groups in total. The van der Waals surface area contributed by atoms with Gasteiger partial charge in [-0.15, -0.1) is 11.3 Å². The zero-order valence-electron chi connectivity index (χ0n) is 10.7. The fourth-order valence-corrected chi connectivity index (χ4v) is 2.39. The van der Waals surface area contributed by atoms with Gasteiger partial charge in [-0.25, -0.2) is 4.98 Å². The monoisotopic (exact) mass is 297 g/mol. The number of thiazole rings is 1. The number of aryl methyl sites for hydroxylation is 2. The summed E-state index contributed by atoms with van der Waals surface area (Å²) >= 11 is 1.38. The number of nitrogens with zero attached hydrogens (tertiary/aromatic N) is 2. The number of anilines is 2. The van der Waals surface area contributed by atoms with Crippen LogP contribution in [-0.2, 0) is 6.18 Å². The number of hydrogen-bond donors (Lipinski definition) is 1. The second-order valence-corrected chi connectivity index (χ2v) is 5.36. The van der Waals surface area contributed by atoms with Gasteiger partial charge in [0.15, 0.2) is 5.13 Å². The molecule has 104 valence electrons. The van der Waals surface area contributed by atoms with Crippen LogP contribution in [0, 0.1) is 25.2 Å². The summed E-state index contributed by atoms with van der Waals surface area (Å²) in [5, 5.41) is 12.4. The molecule has 0 bridgehead atoms. The number of benzene rings is 1. The van der Waals surface area contributed by atoms with Crippen LogP contribution >= 0.6 is 11.3 Å². The molecule has 0 saturated heterocycles. The Bertz CT molecular complexity index is 664. The number of hydrogen-bond acceptors (Lipinski definition) is 4. The molecule has 1 aromatic carbocycles. The zero-order chi connectivity index (χ0) is 14.9. The van der Waals surface area contributed by atoms with Crippen molar-refractivity contribution in [2.45, 2.75) is 20.0 Å². The predicted molar refractivity (Wildman–Crippen MR) is 71.0 cm³/mol. The SMILES string of the molecule is Cc1nc(Nc2ccc(C(F)(F)F)cc2C#N)sc1C. The molecule has 0 aliphatic carbocycles. The molecule has 7 heteroatoms. The van der Waals surface area contributed by atoms with E-state index in [2.05, 4.69) is 10.3 Å². The third-order valence-corrected chi connectivity index (χ3v) is 3.73. The molecule has 0 unspecified atom stereocenters. The van der Waals surface area contributed by atoms with Crippen LogP contribution in [0.15, 0.2) is 18.2 Å². The number of aromatic nitrogens is 1. The van der Waals surface area contributed by atoms with Crippen LogP contribution in [-0.4, -0.2) is 4.98 Å². The van der Waals surface area contributed by atoms with Crippen molar-refractivity contribution in [1.82, 2.24) is 4.98 Å². The van der Waals surface area contributed by atoms with E-state index in [1.165, 1.54) is 17.4 Å². The summed E-state index contributed by atoms with van der Waals surface area (Å²) in [6, 6.07) is 4.78. The van der Waals surface area contributed by atoms with Crippen LogP contribution in [0.4, 0.5) is 24.0 Å². The number of halogens is 3. The van der Waals surface area contributed by atoms with E-state index in [4.69, 9.17) is 5.26 Å². The number of rotatable bonds is 2. The highest BCUT2D eigenvalue weighted by atomic mass is 32.1. The Kier molecular flexibility index (Phi) is 3.68. The molecule has 1 heterocycles. The van der Waals surface area contributed by atoms with Gasteiger partial charge in [0.25, 0.3) is 0 Å². The highest BCUT2D eigenvalue weighted by Gasteiger charge is 2.31. The van der Waals surface area contributed by atoms with Crippen molar-refractivity contribution in [3.63, 3.8) is 0 Å². The Labute approximate surface area is 117 Å².